The number of ether oxygens (including phenoxy) is 1. The molecule has 124 valence electrons. The fraction of sp³-hybridized carbons (Fsp3) is 1.00. The van der Waals surface area contributed by atoms with E-state index in [1.54, 1.807) is 0 Å². The standard InChI is InChI=1S/C19H37NO/c1-5-12-20-18(16-10-13-21-14-11-16)15-6-8-17(9-7-15)19(2,3)4/h15-18,20H,5-14H2,1-4H3. The van der Waals surface area contributed by atoms with Crippen LogP contribution in [0.3, 0.4) is 0 Å². The van der Waals surface area contributed by atoms with E-state index in [-0.39, 0.29) is 0 Å². The van der Waals surface area contributed by atoms with E-state index in [1.165, 1.54) is 51.5 Å². The van der Waals surface area contributed by atoms with Crippen molar-refractivity contribution >= 4 is 0 Å². The zero-order valence-corrected chi connectivity index (χ0v) is 14.8. The third kappa shape index (κ3) is 4.96. The van der Waals surface area contributed by atoms with E-state index in [0.717, 1.165) is 37.0 Å². The second kappa shape index (κ2) is 7.97. The molecule has 2 fully saturated rings. The first-order valence-electron chi connectivity index (χ1n) is 9.33. The number of hydrogen-bond donors (Lipinski definition) is 1. The van der Waals surface area contributed by atoms with Crippen molar-refractivity contribution in [2.24, 2.45) is 23.2 Å². The molecule has 0 amide bonds. The predicted molar refractivity (Wildman–Crippen MR) is 90.5 cm³/mol. The molecule has 1 aliphatic heterocycles. The molecular formula is C19H37NO. The van der Waals surface area contributed by atoms with Crippen molar-refractivity contribution in [2.75, 3.05) is 19.8 Å². The summed E-state index contributed by atoms with van der Waals surface area (Å²) >= 11 is 0. The lowest BCUT2D eigenvalue weighted by Gasteiger charge is -2.42. The Bertz CT molecular complexity index is 282. The minimum absolute atomic E-state index is 0.496. The van der Waals surface area contributed by atoms with E-state index in [1.807, 2.05) is 0 Å². The largest absolute Gasteiger partial charge is 0.381 e. The fourth-order valence-corrected chi connectivity index (χ4v) is 4.45. The maximum absolute atomic E-state index is 5.58. The Hall–Kier alpha value is -0.0800. The second-order valence-electron chi connectivity index (χ2n) is 8.41. The summed E-state index contributed by atoms with van der Waals surface area (Å²) in [5.74, 6) is 2.68. The normalized spacial score (nSPS) is 30.3. The van der Waals surface area contributed by atoms with Gasteiger partial charge in [-0.25, -0.2) is 0 Å². The smallest absolute Gasteiger partial charge is 0.0469 e. The van der Waals surface area contributed by atoms with Crippen LogP contribution in [0.5, 0.6) is 0 Å². The summed E-state index contributed by atoms with van der Waals surface area (Å²) in [6.07, 6.45) is 9.50. The Labute approximate surface area is 132 Å². The van der Waals surface area contributed by atoms with E-state index in [2.05, 4.69) is 33.0 Å². The van der Waals surface area contributed by atoms with Crippen LogP contribution in [0.4, 0.5) is 0 Å². The van der Waals surface area contributed by atoms with Gasteiger partial charge in [0.2, 0.25) is 0 Å². The molecule has 0 aromatic heterocycles. The van der Waals surface area contributed by atoms with Crippen molar-refractivity contribution in [3.63, 3.8) is 0 Å². The molecule has 0 radical (unpaired) electrons. The summed E-state index contributed by atoms with van der Waals surface area (Å²) in [6.45, 7) is 12.7. The average molecular weight is 296 g/mol. The maximum atomic E-state index is 5.58. The van der Waals surface area contributed by atoms with Crippen molar-refractivity contribution in [1.82, 2.24) is 5.32 Å². The monoisotopic (exact) mass is 295 g/mol. The highest BCUT2D eigenvalue weighted by Crippen LogP contribution is 2.42. The Balaban J connectivity index is 1.91. The van der Waals surface area contributed by atoms with Gasteiger partial charge in [-0.05, 0) is 74.7 Å². The third-order valence-electron chi connectivity index (χ3n) is 5.91. The van der Waals surface area contributed by atoms with Gasteiger partial charge in [0, 0.05) is 19.3 Å². The minimum atomic E-state index is 0.496. The Kier molecular flexibility index (Phi) is 6.55. The highest BCUT2D eigenvalue weighted by atomic mass is 16.5. The molecule has 1 saturated heterocycles. The molecule has 0 bridgehead atoms. The van der Waals surface area contributed by atoms with Gasteiger partial charge in [-0.1, -0.05) is 27.7 Å². The Morgan fingerprint density at radius 3 is 2.05 bits per heavy atom. The van der Waals surface area contributed by atoms with Gasteiger partial charge in [0.15, 0.2) is 0 Å². The first kappa shape index (κ1) is 17.3. The van der Waals surface area contributed by atoms with Crippen LogP contribution in [-0.4, -0.2) is 25.8 Å². The van der Waals surface area contributed by atoms with Crippen LogP contribution in [-0.2, 0) is 4.74 Å². The summed E-state index contributed by atoms with van der Waals surface area (Å²) in [7, 11) is 0. The van der Waals surface area contributed by atoms with Crippen molar-refractivity contribution in [2.45, 2.75) is 78.7 Å². The van der Waals surface area contributed by atoms with Crippen LogP contribution < -0.4 is 5.32 Å². The van der Waals surface area contributed by atoms with Crippen LogP contribution in [0, 0.1) is 23.2 Å². The highest BCUT2D eigenvalue weighted by molar-refractivity contribution is 4.89. The van der Waals surface area contributed by atoms with Crippen LogP contribution in [0.1, 0.15) is 72.6 Å². The molecule has 1 heterocycles. The van der Waals surface area contributed by atoms with E-state index in [4.69, 9.17) is 4.74 Å². The zero-order valence-electron chi connectivity index (χ0n) is 14.8. The first-order chi connectivity index (χ1) is 10.0. The molecule has 1 aliphatic carbocycles. The van der Waals surface area contributed by atoms with E-state index >= 15 is 0 Å². The van der Waals surface area contributed by atoms with E-state index in [9.17, 15) is 0 Å². The van der Waals surface area contributed by atoms with Gasteiger partial charge >= 0.3 is 0 Å². The summed E-state index contributed by atoms with van der Waals surface area (Å²) in [5.41, 5.74) is 0.496. The van der Waals surface area contributed by atoms with Crippen LogP contribution in [0.2, 0.25) is 0 Å². The fourth-order valence-electron chi connectivity index (χ4n) is 4.45. The van der Waals surface area contributed by atoms with Crippen LogP contribution >= 0.6 is 0 Å². The molecule has 2 heteroatoms. The van der Waals surface area contributed by atoms with Crippen molar-refractivity contribution in [3.8, 4) is 0 Å². The van der Waals surface area contributed by atoms with E-state index in [0.29, 0.717) is 5.41 Å². The molecule has 2 aliphatic rings. The average Bonchev–Trinajstić information content (AvgIpc) is 2.48. The predicted octanol–water partition coefficient (Wildman–Crippen LogP) is 4.63. The molecule has 0 aromatic carbocycles. The third-order valence-corrected chi connectivity index (χ3v) is 5.91. The maximum Gasteiger partial charge on any atom is 0.0469 e. The molecule has 0 aromatic rings. The van der Waals surface area contributed by atoms with Crippen molar-refractivity contribution in [1.29, 1.82) is 0 Å². The molecule has 1 N–H and O–H groups in total. The lowest BCUT2D eigenvalue weighted by atomic mass is 9.67. The molecule has 2 nitrogen and oxygen atoms in total. The lowest BCUT2D eigenvalue weighted by Crippen LogP contribution is -2.46. The van der Waals surface area contributed by atoms with Gasteiger partial charge in [-0.3, -0.25) is 0 Å². The van der Waals surface area contributed by atoms with Gasteiger partial charge in [0.05, 0.1) is 0 Å². The molecule has 0 spiro atoms. The zero-order chi connectivity index (χ0) is 15.3. The molecular weight excluding hydrogens is 258 g/mol. The summed E-state index contributed by atoms with van der Waals surface area (Å²) < 4.78 is 5.58. The van der Waals surface area contributed by atoms with Gasteiger partial charge < -0.3 is 10.1 Å². The van der Waals surface area contributed by atoms with Gasteiger partial charge in [-0.15, -0.1) is 0 Å². The molecule has 1 saturated carbocycles. The van der Waals surface area contributed by atoms with Gasteiger partial charge in [0.25, 0.3) is 0 Å². The molecule has 1 atom stereocenters. The van der Waals surface area contributed by atoms with Gasteiger partial charge in [-0.2, -0.15) is 0 Å². The van der Waals surface area contributed by atoms with Crippen molar-refractivity contribution in [3.05, 3.63) is 0 Å². The van der Waals surface area contributed by atoms with E-state index < -0.39 is 0 Å². The van der Waals surface area contributed by atoms with Gasteiger partial charge in [0.1, 0.15) is 0 Å². The van der Waals surface area contributed by atoms with Crippen molar-refractivity contribution < 1.29 is 4.74 Å². The van der Waals surface area contributed by atoms with Crippen LogP contribution in [0.15, 0.2) is 0 Å². The quantitative estimate of drug-likeness (QED) is 0.798. The lowest BCUT2D eigenvalue weighted by molar-refractivity contribution is 0.0341. The minimum Gasteiger partial charge on any atom is -0.381 e. The van der Waals surface area contributed by atoms with Crippen LogP contribution in [0.25, 0.3) is 0 Å². The second-order valence-corrected chi connectivity index (χ2v) is 8.41. The number of nitrogens with one attached hydrogen (secondary N) is 1. The SMILES string of the molecule is CCCNC(C1CCOCC1)C1CCC(C(C)(C)C)CC1. The summed E-state index contributed by atoms with van der Waals surface area (Å²) in [4.78, 5) is 0. The summed E-state index contributed by atoms with van der Waals surface area (Å²) in [5, 5.41) is 3.91. The number of hydrogen-bond acceptors (Lipinski definition) is 2. The molecule has 21 heavy (non-hydrogen) atoms. The molecule has 1 unspecified atom stereocenters. The Morgan fingerprint density at radius 2 is 1.52 bits per heavy atom. The first-order valence-corrected chi connectivity index (χ1v) is 9.33. The molecule has 2 rings (SSSR count). The highest BCUT2D eigenvalue weighted by Gasteiger charge is 2.35. The topological polar surface area (TPSA) is 21.3 Å². The Morgan fingerprint density at radius 1 is 0.952 bits per heavy atom. The number of rotatable bonds is 5. The summed E-state index contributed by atoms with van der Waals surface area (Å²) in [6, 6.07) is 0.745.